The highest BCUT2D eigenvalue weighted by atomic mass is 15.3. The number of fused-ring (bicyclic) bond motifs is 1. The summed E-state index contributed by atoms with van der Waals surface area (Å²) >= 11 is 0. The molecule has 0 fully saturated rings. The van der Waals surface area contributed by atoms with E-state index in [2.05, 4.69) is 45.8 Å². The minimum Gasteiger partial charge on any atom is -0.273 e. The highest BCUT2D eigenvalue weighted by Gasteiger charge is 2.18. The molecule has 0 N–H and O–H groups in total. The van der Waals surface area contributed by atoms with Gasteiger partial charge in [0.15, 0.2) is 5.65 Å². The van der Waals surface area contributed by atoms with E-state index < -0.39 is 0 Å². The largest absolute Gasteiger partial charge is 0.273 e. The normalized spacial score (nSPS) is 11.0. The molecule has 0 unspecified atom stereocenters. The first-order chi connectivity index (χ1) is 11.4. The van der Waals surface area contributed by atoms with Crippen LogP contribution in [0.4, 0.5) is 0 Å². The van der Waals surface area contributed by atoms with Crippen molar-refractivity contribution >= 4 is 11.0 Å². The molecule has 5 heteroatoms. The Balaban J connectivity index is 0.00000100. The molecule has 0 aliphatic rings. The molecule has 3 heterocycles. The van der Waals surface area contributed by atoms with E-state index in [1.165, 1.54) is 11.3 Å². The van der Waals surface area contributed by atoms with Crippen LogP contribution in [0.5, 0.6) is 0 Å². The molecule has 0 saturated heterocycles. The number of aryl methyl sites for hydroxylation is 3. The summed E-state index contributed by atoms with van der Waals surface area (Å²) < 4.78 is 3.85. The fourth-order valence-electron chi connectivity index (χ4n) is 3.27. The fourth-order valence-corrected chi connectivity index (χ4v) is 3.27. The van der Waals surface area contributed by atoms with Crippen molar-refractivity contribution in [2.24, 2.45) is 7.05 Å². The Morgan fingerprint density at radius 2 is 1.79 bits per heavy atom. The van der Waals surface area contributed by atoms with E-state index in [9.17, 15) is 0 Å². The van der Waals surface area contributed by atoms with E-state index >= 15 is 0 Å². The summed E-state index contributed by atoms with van der Waals surface area (Å²) in [6, 6.07) is 2.15. The lowest BCUT2D eigenvalue weighted by Gasteiger charge is -2.10. The van der Waals surface area contributed by atoms with Gasteiger partial charge in [-0.2, -0.15) is 10.2 Å². The lowest BCUT2D eigenvalue weighted by molar-refractivity contribution is 0.773. The molecule has 0 saturated carbocycles. The van der Waals surface area contributed by atoms with Crippen LogP contribution in [0, 0.1) is 13.8 Å². The molecule has 0 radical (unpaired) electrons. The smallest absolute Gasteiger partial charge is 0.181 e. The van der Waals surface area contributed by atoms with Gasteiger partial charge in [-0.3, -0.25) is 4.68 Å². The van der Waals surface area contributed by atoms with Crippen LogP contribution < -0.4 is 0 Å². The van der Waals surface area contributed by atoms with Gasteiger partial charge in [-0.05, 0) is 37.8 Å². The van der Waals surface area contributed by atoms with E-state index in [1.807, 2.05) is 36.5 Å². The molecule has 0 aliphatic heterocycles. The van der Waals surface area contributed by atoms with Gasteiger partial charge in [-0.15, -0.1) is 0 Å². The van der Waals surface area contributed by atoms with E-state index in [-0.39, 0.29) is 0 Å². The van der Waals surface area contributed by atoms with E-state index in [0.717, 1.165) is 34.5 Å². The van der Waals surface area contributed by atoms with Gasteiger partial charge in [0.05, 0.1) is 17.1 Å². The second-order valence-corrected chi connectivity index (χ2v) is 6.17. The predicted octanol–water partition coefficient (Wildman–Crippen LogP) is 4.48. The first-order valence-corrected chi connectivity index (χ1v) is 8.82. The second kappa shape index (κ2) is 7.16. The summed E-state index contributed by atoms with van der Waals surface area (Å²) in [5, 5.41) is 10.2. The molecule has 24 heavy (non-hydrogen) atoms. The minimum atomic E-state index is 0.467. The number of aromatic nitrogens is 5. The number of hydrogen-bond acceptors (Lipinski definition) is 3. The fraction of sp³-hybridized carbons (Fsp3) is 0.526. The monoisotopic (exact) mass is 327 g/mol. The molecule has 0 bridgehead atoms. The van der Waals surface area contributed by atoms with Crippen molar-refractivity contribution in [3.8, 4) is 5.69 Å². The maximum Gasteiger partial charge on any atom is 0.181 e. The Morgan fingerprint density at radius 1 is 1.12 bits per heavy atom. The van der Waals surface area contributed by atoms with Crippen LogP contribution in [0.1, 0.15) is 63.2 Å². The summed E-state index contributed by atoms with van der Waals surface area (Å²) in [4.78, 5) is 4.72. The zero-order valence-electron chi connectivity index (χ0n) is 16.2. The van der Waals surface area contributed by atoms with Crippen LogP contribution in [0.2, 0.25) is 0 Å². The van der Waals surface area contributed by atoms with Gasteiger partial charge in [-0.1, -0.05) is 34.6 Å². The van der Waals surface area contributed by atoms with Gasteiger partial charge in [0.2, 0.25) is 0 Å². The Bertz CT molecular complexity index is 839. The molecule has 0 atom stereocenters. The van der Waals surface area contributed by atoms with Crippen LogP contribution >= 0.6 is 0 Å². The Labute approximate surface area is 144 Å². The van der Waals surface area contributed by atoms with E-state index in [0.29, 0.717) is 5.92 Å². The van der Waals surface area contributed by atoms with Crippen LogP contribution in [-0.4, -0.2) is 24.5 Å². The second-order valence-electron chi connectivity index (χ2n) is 6.17. The van der Waals surface area contributed by atoms with Crippen LogP contribution in [0.15, 0.2) is 12.3 Å². The molecule has 0 aromatic carbocycles. The van der Waals surface area contributed by atoms with Crippen molar-refractivity contribution in [3.63, 3.8) is 0 Å². The SMILES string of the molecule is CC.CCc1nc2nn(C)cc2cc1-n1nc(C)c(C(C)C)c1C. The standard InChI is InChI=1S/C17H23N5.C2H6/c1-7-14-15(8-13-9-21(6)20-17(13)18-14)22-12(5)16(10(2)3)11(4)19-22;1-2/h8-10H,7H2,1-6H3;1-2H3. The highest BCUT2D eigenvalue weighted by molar-refractivity contribution is 5.77. The van der Waals surface area contributed by atoms with Gasteiger partial charge in [0, 0.05) is 24.3 Å². The lowest BCUT2D eigenvalue weighted by Crippen LogP contribution is -2.06. The van der Waals surface area contributed by atoms with E-state index in [4.69, 9.17) is 10.1 Å². The number of rotatable bonds is 3. The zero-order chi connectivity index (χ0) is 18.0. The van der Waals surface area contributed by atoms with Crippen molar-refractivity contribution in [3.05, 3.63) is 34.9 Å². The first kappa shape index (κ1) is 18.2. The first-order valence-electron chi connectivity index (χ1n) is 8.82. The van der Waals surface area contributed by atoms with Crippen molar-refractivity contribution < 1.29 is 0 Å². The zero-order valence-corrected chi connectivity index (χ0v) is 16.2. The molecule has 5 nitrogen and oxygen atoms in total. The molecule has 0 amide bonds. The summed E-state index contributed by atoms with van der Waals surface area (Å²) in [5.74, 6) is 0.467. The summed E-state index contributed by atoms with van der Waals surface area (Å²) in [5.41, 5.74) is 6.53. The van der Waals surface area contributed by atoms with Gasteiger partial charge in [0.1, 0.15) is 0 Å². The quantitative estimate of drug-likeness (QED) is 0.712. The Kier molecular flexibility index (Phi) is 5.42. The number of hydrogen-bond donors (Lipinski definition) is 0. The molecule has 130 valence electrons. The lowest BCUT2D eigenvalue weighted by atomic mass is 10.0. The third-order valence-electron chi connectivity index (χ3n) is 4.15. The van der Waals surface area contributed by atoms with Crippen LogP contribution in [-0.2, 0) is 13.5 Å². The van der Waals surface area contributed by atoms with Gasteiger partial charge >= 0.3 is 0 Å². The minimum absolute atomic E-state index is 0.467. The molecule has 0 aliphatic carbocycles. The van der Waals surface area contributed by atoms with E-state index in [1.54, 1.807) is 0 Å². The van der Waals surface area contributed by atoms with Gasteiger partial charge < -0.3 is 0 Å². The number of pyridine rings is 1. The molecule has 3 aromatic rings. The Morgan fingerprint density at radius 3 is 2.33 bits per heavy atom. The molecular formula is C19H29N5. The van der Waals surface area contributed by atoms with Crippen molar-refractivity contribution in [1.82, 2.24) is 24.5 Å². The third-order valence-corrected chi connectivity index (χ3v) is 4.15. The maximum atomic E-state index is 4.77. The summed E-state index contributed by atoms with van der Waals surface area (Å²) in [7, 11) is 1.92. The van der Waals surface area contributed by atoms with Crippen molar-refractivity contribution in [2.75, 3.05) is 0 Å². The van der Waals surface area contributed by atoms with Crippen LogP contribution in [0.3, 0.4) is 0 Å². The van der Waals surface area contributed by atoms with Crippen molar-refractivity contribution in [2.45, 2.75) is 60.8 Å². The third kappa shape index (κ3) is 3.07. The number of nitrogens with zero attached hydrogens (tertiary/aromatic N) is 5. The molecule has 3 rings (SSSR count). The summed E-state index contributed by atoms with van der Waals surface area (Å²) in [6.07, 6.45) is 2.86. The highest BCUT2D eigenvalue weighted by Crippen LogP contribution is 2.27. The predicted molar refractivity (Wildman–Crippen MR) is 99.9 cm³/mol. The van der Waals surface area contributed by atoms with Gasteiger partial charge in [-0.25, -0.2) is 9.67 Å². The molecule has 0 spiro atoms. The van der Waals surface area contributed by atoms with Crippen molar-refractivity contribution in [1.29, 1.82) is 0 Å². The average Bonchev–Trinajstić information content (AvgIpc) is 3.05. The maximum absolute atomic E-state index is 4.77. The van der Waals surface area contributed by atoms with Gasteiger partial charge in [0.25, 0.3) is 0 Å². The molecular weight excluding hydrogens is 298 g/mol. The summed E-state index contributed by atoms with van der Waals surface area (Å²) in [6.45, 7) is 14.8. The Hall–Kier alpha value is -2.17. The van der Waals surface area contributed by atoms with Crippen LogP contribution in [0.25, 0.3) is 16.7 Å². The topological polar surface area (TPSA) is 48.5 Å². The average molecular weight is 327 g/mol. The molecule has 3 aromatic heterocycles.